The maximum atomic E-state index is 11.9. The lowest BCUT2D eigenvalue weighted by atomic mass is 10.0. The van der Waals surface area contributed by atoms with Gasteiger partial charge in [0.05, 0.1) is 18.2 Å². The van der Waals surface area contributed by atoms with Gasteiger partial charge in [0.15, 0.2) is 5.78 Å². The van der Waals surface area contributed by atoms with Gasteiger partial charge in [-0.1, -0.05) is 20.8 Å². The summed E-state index contributed by atoms with van der Waals surface area (Å²) in [6, 6.07) is 0. The first kappa shape index (κ1) is 15.9. The van der Waals surface area contributed by atoms with Crippen molar-refractivity contribution in [2.75, 3.05) is 13.4 Å². The highest BCUT2D eigenvalue weighted by atomic mass is 32.2. The van der Waals surface area contributed by atoms with Gasteiger partial charge in [-0.2, -0.15) is 0 Å². The van der Waals surface area contributed by atoms with Crippen molar-refractivity contribution in [2.45, 2.75) is 32.6 Å². The number of nitrogens with zero attached hydrogens (tertiary/aromatic N) is 1. The predicted octanol–water partition coefficient (Wildman–Crippen LogP) is 2.81. The van der Waals surface area contributed by atoms with Crippen LogP contribution in [0.1, 0.15) is 27.2 Å². The molecule has 0 saturated carbocycles. The molecule has 106 valence electrons. The minimum absolute atomic E-state index is 0.149. The average Bonchev–Trinajstić information content (AvgIpc) is 2.91. The number of rotatable bonds is 4. The number of ketones is 1. The molecule has 1 N–H and O–H groups in total. The van der Waals surface area contributed by atoms with E-state index in [0.29, 0.717) is 12.3 Å². The third kappa shape index (κ3) is 3.22. The van der Waals surface area contributed by atoms with Gasteiger partial charge in [-0.05, 0) is 18.4 Å². The Bertz CT molecular complexity index is 427. The summed E-state index contributed by atoms with van der Waals surface area (Å²) in [5.41, 5.74) is 4.92. The predicted molar refractivity (Wildman–Crippen MR) is 80.2 cm³/mol. The minimum Gasteiger partial charge on any atom is -0.481 e. The highest BCUT2D eigenvalue weighted by Crippen LogP contribution is 2.31. The molecule has 0 aromatic carbocycles. The largest absolute Gasteiger partial charge is 0.481 e. The van der Waals surface area contributed by atoms with Crippen molar-refractivity contribution < 1.29 is 9.53 Å². The summed E-state index contributed by atoms with van der Waals surface area (Å²) < 4.78 is 5.28. The van der Waals surface area contributed by atoms with Crippen molar-refractivity contribution in [1.29, 1.82) is 0 Å². The summed E-state index contributed by atoms with van der Waals surface area (Å²) in [4.78, 5) is 11.9. The van der Waals surface area contributed by atoms with Gasteiger partial charge in [-0.3, -0.25) is 4.79 Å². The van der Waals surface area contributed by atoms with Crippen LogP contribution in [0.3, 0.4) is 0 Å². The van der Waals surface area contributed by atoms with E-state index in [-0.39, 0.29) is 11.2 Å². The lowest BCUT2D eigenvalue weighted by molar-refractivity contribution is -0.115. The Morgan fingerprint density at radius 1 is 1.47 bits per heavy atom. The van der Waals surface area contributed by atoms with E-state index in [0.717, 1.165) is 11.3 Å². The molecule has 0 radical (unpaired) electrons. The highest BCUT2D eigenvalue weighted by Gasteiger charge is 2.32. The zero-order chi connectivity index (χ0) is 14.4. The summed E-state index contributed by atoms with van der Waals surface area (Å²) in [5.74, 6) is 0.858. The van der Waals surface area contributed by atoms with Crippen LogP contribution in [0.4, 0.5) is 0 Å². The first-order chi connectivity index (χ1) is 9.21. The average molecular weight is 282 g/mol. The maximum absolute atomic E-state index is 11.9. The lowest BCUT2D eigenvalue weighted by Crippen LogP contribution is -2.37. The molecule has 5 heteroatoms. The van der Waals surface area contributed by atoms with E-state index in [1.165, 1.54) is 0 Å². The number of thioether (sulfide) groups is 1. The fourth-order valence-electron chi connectivity index (χ4n) is 1.87. The topological polar surface area (TPSA) is 41.6 Å². The van der Waals surface area contributed by atoms with Crippen LogP contribution in [0.2, 0.25) is 0 Å². The molecule has 1 atom stereocenters. The molecule has 0 amide bonds. The summed E-state index contributed by atoms with van der Waals surface area (Å²) >= 11 is 1.68. The number of hydrazine groups is 1. The molecule has 0 fully saturated rings. The molecule has 2 rings (SSSR count). The Balaban J connectivity index is 0.000000861. The Morgan fingerprint density at radius 3 is 2.68 bits per heavy atom. The van der Waals surface area contributed by atoms with Gasteiger partial charge < -0.3 is 4.74 Å². The van der Waals surface area contributed by atoms with E-state index >= 15 is 0 Å². The quantitative estimate of drug-likeness (QED) is 0.858. The van der Waals surface area contributed by atoms with E-state index in [4.69, 9.17) is 4.74 Å². The molecule has 0 bridgehead atoms. The molecule has 0 saturated heterocycles. The summed E-state index contributed by atoms with van der Waals surface area (Å²) in [5, 5.41) is 2.01. The van der Waals surface area contributed by atoms with E-state index in [9.17, 15) is 4.79 Å². The number of Topliss-reactive ketones (excluding diaryl/α,β-unsaturated/α-hetero) is 1. The van der Waals surface area contributed by atoms with E-state index < -0.39 is 0 Å². The monoisotopic (exact) mass is 282 g/mol. The van der Waals surface area contributed by atoms with Gasteiger partial charge >= 0.3 is 0 Å². The van der Waals surface area contributed by atoms with Crippen molar-refractivity contribution in [3.8, 4) is 0 Å². The first-order valence-electron chi connectivity index (χ1n) is 6.51. The van der Waals surface area contributed by atoms with Crippen molar-refractivity contribution in [2.24, 2.45) is 0 Å². The number of nitrogens with one attached hydrogen (secondary N) is 1. The number of fused-ring (bicyclic) bond motifs is 1. The molecule has 0 spiro atoms. The smallest absolute Gasteiger partial charge is 0.208 e. The van der Waals surface area contributed by atoms with E-state index in [1.54, 1.807) is 18.9 Å². The van der Waals surface area contributed by atoms with Crippen LogP contribution < -0.4 is 5.43 Å². The Morgan fingerprint density at radius 2 is 2.16 bits per heavy atom. The van der Waals surface area contributed by atoms with Crippen LogP contribution in [0, 0.1) is 0 Å². The van der Waals surface area contributed by atoms with Crippen LogP contribution in [-0.2, 0) is 9.53 Å². The molecule has 2 aliphatic heterocycles. The summed E-state index contributed by atoms with van der Waals surface area (Å²) in [6.45, 7) is 5.87. The van der Waals surface area contributed by atoms with Gasteiger partial charge in [0.1, 0.15) is 0 Å². The fourth-order valence-corrected chi connectivity index (χ4v) is 2.34. The third-order valence-electron chi connectivity index (χ3n) is 2.78. The van der Waals surface area contributed by atoms with Crippen molar-refractivity contribution in [3.63, 3.8) is 0 Å². The highest BCUT2D eigenvalue weighted by molar-refractivity contribution is 7.99. The van der Waals surface area contributed by atoms with Crippen LogP contribution in [0.25, 0.3) is 0 Å². The van der Waals surface area contributed by atoms with Gasteiger partial charge in [-0.15, -0.1) is 11.8 Å². The SMILES string of the molecule is CC.CCC(=O)C1=CC=C(OC)N2NC(SC)C=C12. The van der Waals surface area contributed by atoms with Crippen molar-refractivity contribution in [3.05, 3.63) is 35.4 Å². The Labute approximate surface area is 119 Å². The van der Waals surface area contributed by atoms with Gasteiger partial charge in [-0.25, -0.2) is 10.4 Å². The van der Waals surface area contributed by atoms with E-state index in [1.807, 2.05) is 44.2 Å². The Hall–Kier alpha value is -1.20. The summed E-state index contributed by atoms with van der Waals surface area (Å²) in [7, 11) is 1.62. The maximum Gasteiger partial charge on any atom is 0.208 e. The number of methoxy groups -OCH3 is 1. The van der Waals surface area contributed by atoms with Crippen LogP contribution in [0.15, 0.2) is 35.4 Å². The zero-order valence-electron chi connectivity index (χ0n) is 12.2. The molecule has 19 heavy (non-hydrogen) atoms. The number of hydrogen-bond donors (Lipinski definition) is 1. The number of carbonyl (C=O) groups is 1. The Kier molecular flexibility index (Phi) is 6.18. The molecule has 0 aromatic rings. The molecule has 2 heterocycles. The standard InChI is InChI=1S/C12H16N2O2S.C2H6/c1-4-10(15)8-5-6-12(16-2)14-9(8)7-11(13-14)17-3;1-2/h5-7,11,13H,4H2,1-3H3;1-2H3. The minimum atomic E-state index is 0.149. The molecule has 0 aromatic heterocycles. The number of allylic oxidation sites excluding steroid dienone is 3. The zero-order valence-corrected chi connectivity index (χ0v) is 13.0. The first-order valence-corrected chi connectivity index (χ1v) is 7.80. The van der Waals surface area contributed by atoms with Crippen LogP contribution in [0.5, 0.6) is 0 Å². The molecular weight excluding hydrogens is 260 g/mol. The van der Waals surface area contributed by atoms with E-state index in [2.05, 4.69) is 11.5 Å². The summed E-state index contributed by atoms with van der Waals surface area (Å²) in [6.07, 6.45) is 8.23. The van der Waals surface area contributed by atoms with Crippen LogP contribution in [-0.4, -0.2) is 29.5 Å². The van der Waals surface area contributed by atoms with Crippen molar-refractivity contribution in [1.82, 2.24) is 10.4 Å². The number of hydrogen-bond acceptors (Lipinski definition) is 5. The third-order valence-corrected chi connectivity index (χ3v) is 3.53. The molecular formula is C14H22N2O2S. The molecule has 0 aliphatic carbocycles. The lowest BCUT2D eigenvalue weighted by Gasteiger charge is -2.27. The van der Waals surface area contributed by atoms with Crippen LogP contribution >= 0.6 is 11.8 Å². The number of ether oxygens (including phenoxy) is 1. The number of carbonyl (C=O) groups excluding carboxylic acids is 1. The second-order valence-electron chi connectivity index (χ2n) is 3.74. The second kappa shape index (κ2) is 7.40. The second-order valence-corrected chi connectivity index (χ2v) is 4.72. The molecule has 2 aliphatic rings. The van der Waals surface area contributed by atoms with Crippen molar-refractivity contribution >= 4 is 17.5 Å². The molecule has 1 unspecified atom stereocenters. The fraction of sp³-hybridized carbons (Fsp3) is 0.500. The van der Waals surface area contributed by atoms with Gasteiger partial charge in [0, 0.05) is 18.1 Å². The normalized spacial score (nSPS) is 20.6. The van der Waals surface area contributed by atoms with Gasteiger partial charge in [0.2, 0.25) is 5.88 Å². The van der Waals surface area contributed by atoms with Gasteiger partial charge in [0.25, 0.3) is 0 Å². The molecule has 4 nitrogen and oxygen atoms in total.